The Morgan fingerprint density at radius 2 is 0.766 bits per heavy atom. The average molecular weight is 883 g/mol. The smallest absolute Gasteiger partial charge is 0.200 e. The van der Waals surface area contributed by atoms with Gasteiger partial charge in [-0.1, -0.05) is 12.1 Å². The molecule has 64 heavy (non-hydrogen) atoms. The molecule has 19 nitrogen and oxygen atoms in total. The van der Waals surface area contributed by atoms with Gasteiger partial charge in [-0.3, -0.25) is 0 Å². The first-order chi connectivity index (χ1) is 30.3. The van der Waals surface area contributed by atoms with Gasteiger partial charge < -0.3 is 95.9 Å². The van der Waals surface area contributed by atoms with Crippen molar-refractivity contribution in [2.24, 2.45) is 0 Å². The van der Waals surface area contributed by atoms with E-state index in [1.807, 2.05) is 0 Å². The van der Waals surface area contributed by atoms with Crippen molar-refractivity contribution in [3.63, 3.8) is 0 Å². The zero-order chi connectivity index (χ0) is 45.8. The Kier molecular flexibility index (Phi) is 9.58. The molecule has 0 radical (unpaired) electrons. The molecule has 0 saturated heterocycles. The standard InChI is InChI=1S/C45H38O19/c46-17-1-3-19-29(11-17)62-43(15-7-24(50)37(57)25(51)8-15)40(60)31(19)33-35(55)21-13-28(54)42(14-5-22(48)36(56)23(49)6-14)64-45(21)34(39(33)59)32-20-4-2-18(47)12-30(20)63-44(41(32)61)16-9-26(52)38(58)27(53)10-16/h1-12,28,31-32,40-44,46-61H,13H2/t28-,31-,32-,40-,41-,42-,43-,44-/m1/s1. The second kappa shape index (κ2) is 14.8. The lowest BCUT2D eigenvalue weighted by Crippen LogP contribution is -2.38. The number of hydrogen-bond acceptors (Lipinski definition) is 19. The zero-order valence-corrected chi connectivity index (χ0v) is 32.6. The quantitative estimate of drug-likeness (QED) is 0.108. The number of aliphatic hydroxyl groups is 3. The molecule has 0 spiro atoms. The molecule has 0 aliphatic carbocycles. The van der Waals surface area contributed by atoms with Gasteiger partial charge in [-0.25, -0.2) is 0 Å². The van der Waals surface area contributed by atoms with Crippen LogP contribution in [-0.4, -0.2) is 100 Å². The molecule has 6 aromatic rings. The number of ether oxygens (including phenoxy) is 3. The Balaban J connectivity index is 1.32. The van der Waals surface area contributed by atoms with Gasteiger partial charge in [0.15, 0.2) is 70.1 Å². The second-order valence-electron chi connectivity index (χ2n) is 15.8. The van der Waals surface area contributed by atoms with Gasteiger partial charge in [0.2, 0.25) is 0 Å². The Morgan fingerprint density at radius 3 is 1.17 bits per heavy atom. The van der Waals surface area contributed by atoms with Crippen LogP contribution in [0.25, 0.3) is 0 Å². The maximum Gasteiger partial charge on any atom is 0.200 e. The molecule has 3 heterocycles. The fourth-order valence-electron chi connectivity index (χ4n) is 8.96. The molecule has 3 aliphatic rings. The third-order valence-electron chi connectivity index (χ3n) is 11.9. The highest BCUT2D eigenvalue weighted by molar-refractivity contribution is 5.71. The molecule has 0 aromatic heterocycles. The topological polar surface area (TPSA) is 351 Å². The lowest BCUT2D eigenvalue weighted by atomic mass is 9.73. The lowest BCUT2D eigenvalue weighted by molar-refractivity contribution is 0.000273. The van der Waals surface area contributed by atoms with E-state index >= 15 is 0 Å². The Hall–Kier alpha value is -8.00. The van der Waals surface area contributed by atoms with E-state index in [0.29, 0.717) is 0 Å². The highest BCUT2D eigenvalue weighted by atomic mass is 16.5. The molecule has 9 rings (SSSR count). The monoisotopic (exact) mass is 882 g/mol. The summed E-state index contributed by atoms with van der Waals surface area (Å²) in [5.74, 6) is -13.5. The molecule has 6 aromatic carbocycles. The first-order valence-electron chi connectivity index (χ1n) is 19.4. The normalized spacial score (nSPS) is 23.4. The molecular formula is C45H38O19. The number of benzene rings is 6. The van der Waals surface area contributed by atoms with Crippen LogP contribution in [0, 0.1) is 0 Å². The van der Waals surface area contributed by atoms with Gasteiger partial charge in [-0.2, -0.15) is 0 Å². The Bertz CT molecular complexity index is 2830. The summed E-state index contributed by atoms with van der Waals surface area (Å²) in [4.78, 5) is 0. The van der Waals surface area contributed by atoms with Crippen molar-refractivity contribution in [1.29, 1.82) is 0 Å². The minimum atomic E-state index is -1.87. The second-order valence-corrected chi connectivity index (χ2v) is 15.8. The van der Waals surface area contributed by atoms with Crippen LogP contribution < -0.4 is 14.2 Å². The molecule has 8 atom stereocenters. The van der Waals surface area contributed by atoms with Gasteiger partial charge in [0.1, 0.15) is 52.5 Å². The average Bonchev–Trinajstić information content (AvgIpc) is 3.24. The molecular weight excluding hydrogens is 844 g/mol. The summed E-state index contributed by atoms with van der Waals surface area (Å²) in [7, 11) is 0. The predicted octanol–water partition coefficient (Wildman–Crippen LogP) is 4.15. The molecule has 3 aliphatic heterocycles. The molecule has 0 unspecified atom stereocenters. The molecule has 0 saturated carbocycles. The van der Waals surface area contributed by atoms with Gasteiger partial charge >= 0.3 is 0 Å². The van der Waals surface area contributed by atoms with Crippen LogP contribution in [0.5, 0.6) is 92.0 Å². The van der Waals surface area contributed by atoms with Gasteiger partial charge in [-0.15, -0.1) is 0 Å². The molecule has 19 heteroatoms. The van der Waals surface area contributed by atoms with Crippen molar-refractivity contribution >= 4 is 0 Å². The van der Waals surface area contributed by atoms with Gasteiger partial charge in [-0.05, 0) is 48.5 Å². The lowest BCUT2D eigenvalue weighted by Gasteiger charge is -2.42. The first kappa shape index (κ1) is 41.4. The van der Waals surface area contributed by atoms with E-state index in [0.717, 1.165) is 42.5 Å². The van der Waals surface area contributed by atoms with Crippen molar-refractivity contribution in [2.45, 2.75) is 54.9 Å². The van der Waals surface area contributed by atoms with Crippen LogP contribution in [0.2, 0.25) is 0 Å². The van der Waals surface area contributed by atoms with Crippen molar-refractivity contribution in [2.75, 3.05) is 0 Å². The molecule has 16 N–H and O–H groups in total. The highest BCUT2D eigenvalue weighted by Crippen LogP contribution is 2.61. The van der Waals surface area contributed by atoms with Crippen molar-refractivity contribution in [1.82, 2.24) is 0 Å². The van der Waals surface area contributed by atoms with E-state index in [2.05, 4.69) is 0 Å². The van der Waals surface area contributed by atoms with Crippen molar-refractivity contribution < 1.29 is 95.9 Å². The highest BCUT2D eigenvalue weighted by Gasteiger charge is 2.49. The number of aromatic hydroxyl groups is 13. The number of rotatable bonds is 5. The summed E-state index contributed by atoms with van der Waals surface area (Å²) in [6, 6.07) is 13.4. The summed E-state index contributed by atoms with van der Waals surface area (Å²) >= 11 is 0. The molecule has 0 amide bonds. The van der Waals surface area contributed by atoms with Gasteiger partial charge in [0.25, 0.3) is 0 Å². The molecule has 332 valence electrons. The van der Waals surface area contributed by atoms with Crippen LogP contribution in [0.4, 0.5) is 0 Å². The summed E-state index contributed by atoms with van der Waals surface area (Å²) in [5, 5.41) is 176. The minimum Gasteiger partial charge on any atom is -0.508 e. The van der Waals surface area contributed by atoms with Crippen LogP contribution in [-0.2, 0) is 6.42 Å². The SMILES string of the molecule is Oc1ccc2c(c1)O[C@H](c1cc(O)c(O)c(O)c1)[C@H](O)[C@H]2c1c(O)c2c(c([C@H]3c4ccc(O)cc4O[C@H](c4cc(O)c(O)c(O)c4)[C@@H]3O)c1O)O[C@H](c1cc(O)c(O)c(O)c1)[C@H](O)C2. The van der Waals surface area contributed by atoms with Crippen molar-refractivity contribution in [3.8, 4) is 92.0 Å². The number of phenols is 13. The summed E-state index contributed by atoms with van der Waals surface area (Å²) in [6.45, 7) is 0. The first-order valence-corrected chi connectivity index (χ1v) is 19.4. The number of fused-ring (bicyclic) bond motifs is 3. The summed E-state index contributed by atoms with van der Waals surface area (Å²) in [6.07, 6.45) is -10.6. The predicted molar refractivity (Wildman–Crippen MR) is 216 cm³/mol. The van der Waals surface area contributed by atoms with Crippen LogP contribution in [0.1, 0.15) is 74.7 Å². The number of hydrogen-bond donors (Lipinski definition) is 16. The third kappa shape index (κ3) is 6.40. The number of aliphatic hydroxyl groups excluding tert-OH is 3. The fourth-order valence-corrected chi connectivity index (χ4v) is 8.96. The van der Waals surface area contributed by atoms with E-state index < -0.39 is 124 Å². The van der Waals surface area contributed by atoms with Gasteiger partial charge in [0, 0.05) is 74.9 Å². The van der Waals surface area contributed by atoms with E-state index in [4.69, 9.17) is 14.2 Å². The number of phenolic OH excluding ortho intramolecular Hbond substituents is 13. The largest absolute Gasteiger partial charge is 0.508 e. The minimum absolute atomic E-state index is 0.0567. The maximum absolute atomic E-state index is 12.9. The summed E-state index contributed by atoms with van der Waals surface area (Å²) < 4.78 is 18.6. The molecule has 0 bridgehead atoms. The maximum atomic E-state index is 12.9. The van der Waals surface area contributed by atoms with Crippen LogP contribution >= 0.6 is 0 Å². The van der Waals surface area contributed by atoms with Crippen molar-refractivity contribution in [3.05, 3.63) is 117 Å². The van der Waals surface area contributed by atoms with E-state index in [1.165, 1.54) is 30.3 Å². The van der Waals surface area contributed by atoms with E-state index in [-0.39, 0.29) is 67.7 Å². The third-order valence-corrected chi connectivity index (χ3v) is 11.9. The Morgan fingerprint density at radius 1 is 0.391 bits per heavy atom. The fraction of sp³-hybridized carbons (Fsp3) is 0.200. The van der Waals surface area contributed by atoms with E-state index in [9.17, 15) is 81.7 Å². The Labute approximate surface area is 359 Å². The zero-order valence-electron chi connectivity index (χ0n) is 32.6. The molecule has 0 fully saturated rings. The van der Waals surface area contributed by atoms with Gasteiger partial charge in [0.05, 0.1) is 6.10 Å². The van der Waals surface area contributed by atoms with Crippen LogP contribution in [0.3, 0.4) is 0 Å². The van der Waals surface area contributed by atoms with Crippen LogP contribution in [0.15, 0.2) is 72.8 Å². The summed E-state index contributed by atoms with van der Waals surface area (Å²) in [5.41, 5.74) is -1.22. The van der Waals surface area contributed by atoms with E-state index in [1.54, 1.807) is 0 Å².